The van der Waals surface area contributed by atoms with E-state index < -0.39 is 12.0 Å². The molecule has 21 heavy (non-hydrogen) atoms. The first kappa shape index (κ1) is 17.2. The predicted octanol–water partition coefficient (Wildman–Crippen LogP) is 2.03. The van der Waals surface area contributed by atoms with E-state index in [-0.39, 0.29) is 30.8 Å². The molecule has 5 heteroatoms. The average molecular weight is 293 g/mol. The standard InChI is InChI=1S/C16H23NO4/c1-11(2)14(12-7-5-4-6-8-12)15(18)17-13(16(19)20)9-10-21-3/h4-8,11,13-14H,9-10H2,1-3H3,(H,17,18)(H,19,20). The highest BCUT2D eigenvalue weighted by molar-refractivity contribution is 5.88. The SMILES string of the molecule is COCCC(NC(=O)C(c1ccccc1)C(C)C)C(=O)O. The van der Waals surface area contributed by atoms with Gasteiger partial charge in [-0.25, -0.2) is 4.79 Å². The number of ether oxygens (including phenoxy) is 1. The van der Waals surface area contributed by atoms with E-state index in [9.17, 15) is 9.59 Å². The molecule has 2 atom stereocenters. The Labute approximate surface area is 125 Å². The number of aliphatic carboxylic acids is 1. The molecule has 5 nitrogen and oxygen atoms in total. The normalized spacial score (nSPS) is 13.7. The fourth-order valence-electron chi connectivity index (χ4n) is 2.25. The van der Waals surface area contributed by atoms with Gasteiger partial charge in [-0.05, 0) is 11.5 Å². The number of hydrogen-bond acceptors (Lipinski definition) is 3. The van der Waals surface area contributed by atoms with Crippen molar-refractivity contribution >= 4 is 11.9 Å². The van der Waals surface area contributed by atoms with Crippen molar-refractivity contribution in [2.24, 2.45) is 5.92 Å². The molecule has 2 unspecified atom stereocenters. The third-order valence-electron chi connectivity index (χ3n) is 3.33. The van der Waals surface area contributed by atoms with E-state index in [2.05, 4.69) is 5.32 Å². The second-order valence-electron chi connectivity index (χ2n) is 5.31. The minimum absolute atomic E-state index is 0.0734. The minimum atomic E-state index is -1.05. The molecular weight excluding hydrogens is 270 g/mol. The fourth-order valence-corrected chi connectivity index (χ4v) is 2.25. The van der Waals surface area contributed by atoms with Crippen LogP contribution < -0.4 is 5.32 Å². The number of carboxylic acids is 1. The maximum Gasteiger partial charge on any atom is 0.326 e. The Morgan fingerprint density at radius 2 is 1.86 bits per heavy atom. The quantitative estimate of drug-likeness (QED) is 0.769. The number of carboxylic acid groups (broad SMARTS) is 1. The van der Waals surface area contributed by atoms with Gasteiger partial charge in [0.2, 0.25) is 5.91 Å². The Balaban J connectivity index is 2.84. The average Bonchev–Trinajstić information content (AvgIpc) is 2.44. The molecule has 0 saturated carbocycles. The molecule has 0 aliphatic rings. The van der Waals surface area contributed by atoms with Crippen LogP contribution in [0.5, 0.6) is 0 Å². The molecule has 1 aromatic carbocycles. The third-order valence-corrected chi connectivity index (χ3v) is 3.33. The van der Waals surface area contributed by atoms with Gasteiger partial charge in [0, 0.05) is 20.1 Å². The third kappa shape index (κ3) is 5.19. The largest absolute Gasteiger partial charge is 0.480 e. The van der Waals surface area contributed by atoms with Gasteiger partial charge in [0.25, 0.3) is 0 Å². The summed E-state index contributed by atoms with van der Waals surface area (Å²) < 4.78 is 4.88. The Morgan fingerprint density at radius 1 is 1.24 bits per heavy atom. The van der Waals surface area contributed by atoms with Crippen LogP contribution in [0.25, 0.3) is 0 Å². The molecule has 0 aliphatic heterocycles. The highest BCUT2D eigenvalue weighted by Crippen LogP contribution is 2.24. The Hall–Kier alpha value is -1.88. The number of carbonyl (C=O) groups is 2. The summed E-state index contributed by atoms with van der Waals surface area (Å²) in [4.78, 5) is 23.6. The lowest BCUT2D eigenvalue weighted by atomic mass is 9.87. The molecule has 2 N–H and O–H groups in total. The highest BCUT2D eigenvalue weighted by Gasteiger charge is 2.28. The number of rotatable bonds is 8. The van der Waals surface area contributed by atoms with E-state index in [1.165, 1.54) is 7.11 Å². The van der Waals surface area contributed by atoms with Crippen molar-refractivity contribution < 1.29 is 19.4 Å². The molecule has 0 spiro atoms. The van der Waals surface area contributed by atoms with Gasteiger partial charge in [-0.15, -0.1) is 0 Å². The van der Waals surface area contributed by atoms with Gasteiger partial charge in [-0.2, -0.15) is 0 Å². The number of benzene rings is 1. The van der Waals surface area contributed by atoms with Gasteiger partial charge < -0.3 is 15.2 Å². The topological polar surface area (TPSA) is 75.6 Å². The summed E-state index contributed by atoms with van der Waals surface area (Å²) in [6.07, 6.45) is 0.247. The molecule has 0 fully saturated rings. The number of amides is 1. The van der Waals surface area contributed by atoms with Gasteiger partial charge in [-0.3, -0.25) is 4.79 Å². The second kappa shape index (κ2) is 8.42. The van der Waals surface area contributed by atoms with E-state index in [4.69, 9.17) is 9.84 Å². The second-order valence-corrected chi connectivity index (χ2v) is 5.31. The van der Waals surface area contributed by atoms with Gasteiger partial charge >= 0.3 is 5.97 Å². The fraction of sp³-hybridized carbons (Fsp3) is 0.500. The number of carbonyl (C=O) groups excluding carboxylic acids is 1. The summed E-state index contributed by atoms with van der Waals surface area (Å²) in [5.41, 5.74) is 0.890. The Kier molecular flexibility index (Phi) is 6.88. The molecule has 1 aromatic rings. The molecule has 0 heterocycles. The molecule has 0 aliphatic carbocycles. The highest BCUT2D eigenvalue weighted by atomic mass is 16.5. The van der Waals surface area contributed by atoms with Crippen LogP contribution in [0, 0.1) is 5.92 Å². The summed E-state index contributed by atoms with van der Waals surface area (Å²) in [5.74, 6) is -1.60. The van der Waals surface area contributed by atoms with Crippen LogP contribution in [0.1, 0.15) is 31.7 Å². The first-order valence-corrected chi connectivity index (χ1v) is 7.04. The molecule has 0 radical (unpaired) electrons. The van der Waals surface area contributed by atoms with Gasteiger partial charge in [0.1, 0.15) is 6.04 Å². The van der Waals surface area contributed by atoms with Crippen LogP contribution in [0.15, 0.2) is 30.3 Å². The van der Waals surface area contributed by atoms with Gasteiger partial charge in [-0.1, -0.05) is 44.2 Å². The lowest BCUT2D eigenvalue weighted by Crippen LogP contribution is -2.44. The minimum Gasteiger partial charge on any atom is -0.480 e. The summed E-state index contributed by atoms with van der Waals surface area (Å²) in [6, 6.07) is 8.47. The molecule has 1 rings (SSSR count). The zero-order chi connectivity index (χ0) is 15.8. The van der Waals surface area contributed by atoms with Crippen molar-refractivity contribution in [3.63, 3.8) is 0 Å². The first-order chi connectivity index (χ1) is 9.97. The van der Waals surface area contributed by atoms with E-state index >= 15 is 0 Å². The van der Waals surface area contributed by atoms with E-state index in [1.54, 1.807) is 0 Å². The Bertz CT molecular complexity index is 459. The Morgan fingerprint density at radius 3 is 2.33 bits per heavy atom. The monoisotopic (exact) mass is 293 g/mol. The summed E-state index contributed by atoms with van der Waals surface area (Å²) in [5, 5.41) is 11.8. The lowest BCUT2D eigenvalue weighted by molar-refractivity contribution is -0.142. The summed E-state index contributed by atoms with van der Waals surface area (Å²) >= 11 is 0. The molecule has 0 bridgehead atoms. The maximum absolute atomic E-state index is 12.4. The van der Waals surface area contributed by atoms with E-state index in [0.29, 0.717) is 0 Å². The van der Waals surface area contributed by atoms with Crippen LogP contribution in [0.3, 0.4) is 0 Å². The summed E-state index contributed by atoms with van der Waals surface area (Å²) in [7, 11) is 1.50. The van der Waals surface area contributed by atoms with Crippen LogP contribution in [-0.4, -0.2) is 36.7 Å². The van der Waals surface area contributed by atoms with Crippen LogP contribution in [0.4, 0.5) is 0 Å². The lowest BCUT2D eigenvalue weighted by Gasteiger charge is -2.23. The van der Waals surface area contributed by atoms with Crippen LogP contribution in [0.2, 0.25) is 0 Å². The van der Waals surface area contributed by atoms with Crippen molar-refractivity contribution in [3.8, 4) is 0 Å². The first-order valence-electron chi connectivity index (χ1n) is 7.04. The van der Waals surface area contributed by atoms with E-state index in [1.807, 2.05) is 44.2 Å². The number of methoxy groups -OCH3 is 1. The van der Waals surface area contributed by atoms with Crippen molar-refractivity contribution in [1.29, 1.82) is 0 Å². The van der Waals surface area contributed by atoms with Crippen LogP contribution in [-0.2, 0) is 14.3 Å². The molecular formula is C16H23NO4. The number of hydrogen-bond donors (Lipinski definition) is 2. The zero-order valence-electron chi connectivity index (χ0n) is 12.7. The predicted molar refractivity (Wildman–Crippen MR) is 80.1 cm³/mol. The van der Waals surface area contributed by atoms with Crippen LogP contribution >= 0.6 is 0 Å². The van der Waals surface area contributed by atoms with Crippen molar-refractivity contribution in [2.45, 2.75) is 32.2 Å². The smallest absolute Gasteiger partial charge is 0.326 e. The van der Waals surface area contributed by atoms with Crippen molar-refractivity contribution in [3.05, 3.63) is 35.9 Å². The molecule has 1 amide bonds. The summed E-state index contributed by atoms with van der Waals surface area (Å²) in [6.45, 7) is 4.18. The van der Waals surface area contributed by atoms with Crippen molar-refractivity contribution in [1.82, 2.24) is 5.32 Å². The van der Waals surface area contributed by atoms with Gasteiger partial charge in [0.05, 0.1) is 5.92 Å². The molecule has 116 valence electrons. The zero-order valence-corrected chi connectivity index (χ0v) is 12.7. The van der Waals surface area contributed by atoms with Gasteiger partial charge in [0.15, 0.2) is 0 Å². The maximum atomic E-state index is 12.4. The molecule has 0 saturated heterocycles. The molecule has 0 aromatic heterocycles. The van der Waals surface area contributed by atoms with Crippen molar-refractivity contribution in [2.75, 3.05) is 13.7 Å². The van der Waals surface area contributed by atoms with E-state index in [0.717, 1.165) is 5.56 Å². The number of nitrogens with one attached hydrogen (secondary N) is 1.